The van der Waals surface area contributed by atoms with Gasteiger partial charge in [0, 0.05) is 12.6 Å². The molecule has 0 aromatic rings. The van der Waals surface area contributed by atoms with Gasteiger partial charge in [-0.15, -0.1) is 0 Å². The maximum atomic E-state index is 11.7. The molecule has 1 aliphatic rings. The predicted octanol–water partition coefficient (Wildman–Crippen LogP) is 0.928. The molecule has 0 radical (unpaired) electrons. The van der Waals surface area contributed by atoms with Crippen molar-refractivity contribution in [3.05, 3.63) is 0 Å². The van der Waals surface area contributed by atoms with Gasteiger partial charge in [0.15, 0.2) is 0 Å². The molecule has 1 fully saturated rings. The van der Waals surface area contributed by atoms with Crippen molar-refractivity contribution in [2.75, 3.05) is 6.54 Å². The Morgan fingerprint density at radius 2 is 2.06 bits per heavy atom. The van der Waals surface area contributed by atoms with Crippen LogP contribution in [0, 0.1) is 11.3 Å². The zero-order valence-electron chi connectivity index (χ0n) is 11.4. The summed E-state index contributed by atoms with van der Waals surface area (Å²) in [6, 6.07) is -0.676. The summed E-state index contributed by atoms with van der Waals surface area (Å²) in [6.45, 7) is 8.31. The van der Waals surface area contributed by atoms with E-state index in [1.54, 1.807) is 4.90 Å². The number of rotatable bonds is 5. The minimum absolute atomic E-state index is 0.0651. The second-order valence-electron chi connectivity index (χ2n) is 5.33. The Hall–Kier alpha value is -1.59. The van der Waals surface area contributed by atoms with Crippen LogP contribution in [0.1, 0.15) is 34.1 Å². The highest BCUT2D eigenvalue weighted by atomic mass is 16.2. The van der Waals surface area contributed by atoms with Crippen molar-refractivity contribution < 1.29 is 9.59 Å². The van der Waals surface area contributed by atoms with Crippen molar-refractivity contribution in [3.8, 4) is 0 Å². The van der Waals surface area contributed by atoms with Crippen LogP contribution in [0.25, 0.3) is 0 Å². The maximum absolute atomic E-state index is 11.7. The van der Waals surface area contributed by atoms with Crippen molar-refractivity contribution in [2.24, 2.45) is 5.92 Å². The average molecular weight is 254 g/mol. The Morgan fingerprint density at radius 3 is 2.56 bits per heavy atom. The fraction of sp³-hybridized carbons (Fsp3) is 0.750. The monoisotopic (exact) mass is 254 g/mol. The topological polar surface area (TPSA) is 85.3 Å². The molecule has 0 saturated carbocycles. The number of hydrogen-bond acceptors (Lipinski definition) is 3. The molecule has 0 aromatic carbocycles. The molecule has 0 spiro atoms. The van der Waals surface area contributed by atoms with E-state index in [1.807, 2.05) is 27.7 Å². The molecule has 18 heavy (non-hydrogen) atoms. The first kappa shape index (κ1) is 14.5. The van der Waals surface area contributed by atoms with E-state index < -0.39 is 6.04 Å². The zero-order valence-corrected chi connectivity index (χ0v) is 11.4. The van der Waals surface area contributed by atoms with Crippen molar-refractivity contribution in [1.29, 1.82) is 5.41 Å². The first-order valence-electron chi connectivity index (χ1n) is 6.26. The first-order chi connectivity index (χ1) is 8.31. The van der Waals surface area contributed by atoms with Gasteiger partial charge in [-0.25, -0.2) is 4.79 Å². The lowest BCUT2D eigenvalue weighted by Crippen LogP contribution is -2.42. The quantitative estimate of drug-likeness (QED) is 0.681. The van der Waals surface area contributed by atoms with Gasteiger partial charge in [0.1, 0.15) is 5.84 Å². The van der Waals surface area contributed by atoms with Gasteiger partial charge < -0.3 is 10.2 Å². The van der Waals surface area contributed by atoms with Crippen LogP contribution in [0.4, 0.5) is 4.79 Å². The lowest BCUT2D eigenvalue weighted by molar-refractivity contribution is -0.122. The average Bonchev–Trinajstić information content (AvgIpc) is 2.43. The SMILES string of the molecule is CC(C)CN1C(=O)NC(=N)C1CC(=O)NC(C)C. The van der Waals surface area contributed by atoms with E-state index in [9.17, 15) is 9.59 Å². The smallest absolute Gasteiger partial charge is 0.323 e. The fourth-order valence-electron chi connectivity index (χ4n) is 1.94. The largest absolute Gasteiger partial charge is 0.354 e. The Labute approximate surface area is 108 Å². The molecule has 1 rings (SSSR count). The van der Waals surface area contributed by atoms with Gasteiger partial charge in [-0.2, -0.15) is 0 Å². The second-order valence-corrected chi connectivity index (χ2v) is 5.33. The standard InChI is InChI=1S/C12H22N4O2/c1-7(2)6-16-9(11(13)15-12(16)18)5-10(17)14-8(3)4/h7-9H,5-6H2,1-4H3,(H,14,17)(H2,13,15,18). The summed E-state index contributed by atoms with van der Waals surface area (Å²) in [7, 11) is 0. The second kappa shape index (κ2) is 5.84. The van der Waals surface area contributed by atoms with Crippen LogP contribution in [0.15, 0.2) is 0 Å². The first-order valence-corrected chi connectivity index (χ1v) is 6.26. The van der Waals surface area contributed by atoms with Gasteiger partial charge in [0.25, 0.3) is 0 Å². The summed E-state index contributed by atoms with van der Waals surface area (Å²) in [4.78, 5) is 25.0. The molecule has 1 atom stereocenters. The molecule has 3 amide bonds. The molecule has 1 saturated heterocycles. The number of nitrogens with one attached hydrogen (secondary N) is 3. The van der Waals surface area contributed by atoms with Crippen molar-refractivity contribution in [2.45, 2.75) is 46.2 Å². The third-order valence-corrected chi connectivity index (χ3v) is 2.60. The lowest BCUT2D eigenvalue weighted by Gasteiger charge is -2.24. The Kier molecular flexibility index (Phi) is 4.69. The summed E-state index contributed by atoms with van der Waals surface area (Å²) in [5.41, 5.74) is 0. The van der Waals surface area contributed by atoms with Crippen LogP contribution in [0.2, 0.25) is 0 Å². The number of urea groups is 1. The lowest BCUT2D eigenvalue weighted by atomic mass is 10.1. The highest BCUT2D eigenvalue weighted by Gasteiger charge is 2.37. The van der Waals surface area contributed by atoms with Gasteiger partial charge >= 0.3 is 6.03 Å². The van der Waals surface area contributed by atoms with E-state index in [0.29, 0.717) is 12.5 Å². The Morgan fingerprint density at radius 1 is 1.44 bits per heavy atom. The number of carbonyl (C=O) groups is 2. The van der Waals surface area contributed by atoms with Crippen LogP contribution in [0.3, 0.4) is 0 Å². The van der Waals surface area contributed by atoms with Crippen LogP contribution < -0.4 is 10.6 Å². The molecule has 1 heterocycles. The van der Waals surface area contributed by atoms with Crippen molar-refractivity contribution in [3.63, 3.8) is 0 Å². The molecule has 3 N–H and O–H groups in total. The van der Waals surface area contributed by atoms with E-state index in [4.69, 9.17) is 5.41 Å². The summed E-state index contributed by atoms with van der Waals surface area (Å²) < 4.78 is 0. The molecule has 6 nitrogen and oxygen atoms in total. The molecule has 1 unspecified atom stereocenters. The molecule has 0 bridgehead atoms. The van der Waals surface area contributed by atoms with Crippen LogP contribution in [-0.4, -0.2) is 41.3 Å². The molecule has 6 heteroatoms. The number of nitrogens with zero attached hydrogens (tertiary/aromatic N) is 1. The van der Waals surface area contributed by atoms with Gasteiger partial charge in [-0.1, -0.05) is 13.8 Å². The molecule has 0 aromatic heterocycles. The fourth-order valence-corrected chi connectivity index (χ4v) is 1.94. The molecular formula is C12H22N4O2. The van der Waals surface area contributed by atoms with Crippen LogP contribution in [0.5, 0.6) is 0 Å². The highest BCUT2D eigenvalue weighted by Crippen LogP contribution is 2.14. The predicted molar refractivity (Wildman–Crippen MR) is 69.5 cm³/mol. The summed E-state index contributed by atoms with van der Waals surface area (Å²) >= 11 is 0. The zero-order chi connectivity index (χ0) is 13.9. The van der Waals surface area contributed by atoms with E-state index in [-0.39, 0.29) is 30.2 Å². The summed E-state index contributed by atoms with van der Waals surface area (Å²) in [5, 5.41) is 13.0. The third-order valence-electron chi connectivity index (χ3n) is 2.60. The van der Waals surface area contributed by atoms with E-state index >= 15 is 0 Å². The molecule has 1 aliphatic heterocycles. The Balaban J connectivity index is 2.68. The van der Waals surface area contributed by atoms with Gasteiger partial charge in [0.2, 0.25) is 5.91 Å². The maximum Gasteiger partial charge on any atom is 0.323 e. The summed E-state index contributed by atoms with van der Waals surface area (Å²) in [6.07, 6.45) is 0.141. The highest BCUT2D eigenvalue weighted by molar-refractivity contribution is 6.07. The van der Waals surface area contributed by atoms with Crippen molar-refractivity contribution >= 4 is 17.8 Å². The normalized spacial score (nSPS) is 19.7. The minimum Gasteiger partial charge on any atom is -0.354 e. The molecular weight excluding hydrogens is 232 g/mol. The van der Waals surface area contributed by atoms with Crippen molar-refractivity contribution in [1.82, 2.24) is 15.5 Å². The van der Waals surface area contributed by atoms with Crippen LogP contribution in [-0.2, 0) is 4.79 Å². The van der Waals surface area contributed by atoms with E-state index in [0.717, 1.165) is 0 Å². The Bertz CT molecular complexity index is 352. The van der Waals surface area contributed by atoms with Gasteiger partial charge in [-0.05, 0) is 19.8 Å². The summed E-state index contributed by atoms with van der Waals surface area (Å²) in [5.74, 6) is 0.280. The number of carbonyl (C=O) groups excluding carboxylic acids is 2. The van der Waals surface area contributed by atoms with E-state index in [1.165, 1.54) is 0 Å². The van der Waals surface area contributed by atoms with Gasteiger partial charge in [0.05, 0.1) is 12.5 Å². The van der Waals surface area contributed by atoms with Crippen LogP contribution >= 0.6 is 0 Å². The third kappa shape index (κ3) is 3.72. The molecule has 102 valence electrons. The van der Waals surface area contributed by atoms with E-state index in [2.05, 4.69) is 10.6 Å². The number of hydrogen-bond donors (Lipinski definition) is 3. The minimum atomic E-state index is -0.460. The number of amides is 3. The van der Waals surface area contributed by atoms with Gasteiger partial charge in [-0.3, -0.25) is 15.5 Å². The number of amidine groups is 1. The molecule has 0 aliphatic carbocycles.